The molecule has 2 atom stereocenters. The van der Waals surface area contributed by atoms with Crippen LogP contribution in [0.15, 0.2) is 47.0 Å². The molecule has 0 saturated carbocycles. The van der Waals surface area contributed by atoms with Crippen molar-refractivity contribution in [3.05, 3.63) is 71.1 Å². The van der Waals surface area contributed by atoms with Gasteiger partial charge in [0.1, 0.15) is 11.3 Å². The van der Waals surface area contributed by atoms with E-state index in [1.807, 2.05) is 36.9 Å². The van der Waals surface area contributed by atoms with Crippen LogP contribution in [0.1, 0.15) is 53.7 Å². The third-order valence-corrected chi connectivity index (χ3v) is 6.63. The molecule has 3 heterocycles. The summed E-state index contributed by atoms with van der Waals surface area (Å²) < 4.78 is 19.3. The summed E-state index contributed by atoms with van der Waals surface area (Å²) in [6.45, 7) is 6.75. The molecule has 8 heteroatoms. The van der Waals surface area contributed by atoms with E-state index in [-0.39, 0.29) is 17.8 Å². The number of hydrogen-bond acceptors (Lipinski definition) is 5. The summed E-state index contributed by atoms with van der Waals surface area (Å²) in [7, 11) is 0. The number of nitrogens with zero attached hydrogens (tertiary/aromatic N) is 5. The number of aryl methyl sites for hydroxylation is 3. The number of piperidine rings is 1. The van der Waals surface area contributed by atoms with Gasteiger partial charge in [-0.3, -0.25) is 4.79 Å². The fraction of sp³-hybridized carbons (Fsp3) is 0.385. The number of rotatable bonds is 5. The molecule has 2 aromatic heterocycles. The molecule has 1 aliphatic rings. The number of carbonyl (C=O) groups is 1. The molecule has 0 spiro atoms. The summed E-state index contributed by atoms with van der Waals surface area (Å²) >= 11 is 0. The van der Waals surface area contributed by atoms with Crippen LogP contribution in [0.5, 0.6) is 0 Å². The molecule has 0 N–H and O–H groups in total. The van der Waals surface area contributed by atoms with Crippen LogP contribution in [0.3, 0.4) is 0 Å². The minimum Gasteiger partial charge on any atom is -0.441 e. The van der Waals surface area contributed by atoms with Crippen LogP contribution in [0.2, 0.25) is 0 Å². The fourth-order valence-corrected chi connectivity index (χ4v) is 4.87. The first-order valence-electron chi connectivity index (χ1n) is 11.7. The van der Waals surface area contributed by atoms with Gasteiger partial charge in [-0.1, -0.05) is 18.6 Å². The van der Waals surface area contributed by atoms with E-state index in [0.29, 0.717) is 47.1 Å². The Morgan fingerprint density at radius 1 is 1.21 bits per heavy atom. The zero-order chi connectivity index (χ0) is 23.8. The highest BCUT2D eigenvalue weighted by Crippen LogP contribution is 2.30. The molecule has 34 heavy (non-hydrogen) atoms. The monoisotopic (exact) mass is 461 g/mol. The first-order chi connectivity index (χ1) is 16.4. The summed E-state index contributed by atoms with van der Waals surface area (Å²) in [6.07, 6.45) is 5.02. The van der Waals surface area contributed by atoms with Gasteiger partial charge in [-0.2, -0.15) is 15.0 Å². The van der Waals surface area contributed by atoms with Gasteiger partial charge in [0.2, 0.25) is 0 Å². The third-order valence-electron chi connectivity index (χ3n) is 6.63. The normalized spacial score (nSPS) is 18.5. The van der Waals surface area contributed by atoms with Gasteiger partial charge in [0.25, 0.3) is 5.91 Å². The van der Waals surface area contributed by atoms with E-state index in [0.717, 1.165) is 30.5 Å². The van der Waals surface area contributed by atoms with Crippen molar-refractivity contribution in [2.75, 3.05) is 6.54 Å². The number of aromatic nitrogens is 4. The highest BCUT2D eigenvalue weighted by Gasteiger charge is 2.33. The zero-order valence-electron chi connectivity index (χ0n) is 19.7. The van der Waals surface area contributed by atoms with Gasteiger partial charge in [-0.05, 0) is 63.3 Å². The van der Waals surface area contributed by atoms with Gasteiger partial charge >= 0.3 is 0 Å². The lowest BCUT2D eigenvalue weighted by Gasteiger charge is -2.40. The quantitative estimate of drug-likeness (QED) is 0.416. The van der Waals surface area contributed by atoms with Crippen LogP contribution in [0, 0.1) is 25.6 Å². The molecule has 0 bridgehead atoms. The lowest BCUT2D eigenvalue weighted by atomic mass is 9.87. The van der Waals surface area contributed by atoms with Crippen molar-refractivity contribution in [1.82, 2.24) is 24.9 Å². The van der Waals surface area contributed by atoms with Crippen molar-refractivity contribution in [1.29, 1.82) is 0 Å². The maximum atomic E-state index is 13.9. The number of likely N-dealkylation sites (tertiary alicyclic amines) is 1. The highest BCUT2D eigenvalue weighted by atomic mass is 19.1. The molecule has 2 aromatic carbocycles. The summed E-state index contributed by atoms with van der Waals surface area (Å²) in [5, 5.41) is 8.75. The second kappa shape index (κ2) is 9.00. The largest absolute Gasteiger partial charge is 0.441 e. The van der Waals surface area contributed by atoms with E-state index < -0.39 is 0 Å². The maximum absolute atomic E-state index is 13.9. The van der Waals surface area contributed by atoms with Crippen molar-refractivity contribution in [3.63, 3.8) is 0 Å². The Labute approximate surface area is 197 Å². The lowest BCUT2D eigenvalue weighted by Crippen LogP contribution is -2.48. The SMILES string of the molecule is Cc1ccc(-n2ncc(C)n2)c(C(=O)N2CCC[C@@H](C)[C@H]2CCc2nc3cc(F)ccc3o2)c1. The molecule has 1 aliphatic heterocycles. The van der Waals surface area contributed by atoms with Gasteiger partial charge in [0.15, 0.2) is 11.5 Å². The number of oxazole rings is 1. The predicted octanol–water partition coefficient (Wildman–Crippen LogP) is 5.04. The molecule has 1 saturated heterocycles. The van der Waals surface area contributed by atoms with E-state index in [9.17, 15) is 9.18 Å². The summed E-state index contributed by atoms with van der Waals surface area (Å²) in [5.41, 5.74) is 4.19. The number of fused-ring (bicyclic) bond motifs is 1. The highest BCUT2D eigenvalue weighted by molar-refractivity contribution is 5.98. The summed E-state index contributed by atoms with van der Waals surface area (Å²) in [6, 6.07) is 10.2. The van der Waals surface area contributed by atoms with Gasteiger partial charge in [-0.15, -0.1) is 0 Å². The van der Waals surface area contributed by atoms with Gasteiger partial charge in [0, 0.05) is 25.1 Å². The van der Waals surface area contributed by atoms with Gasteiger partial charge < -0.3 is 9.32 Å². The standard InChI is InChI=1S/C26H28FN5O2/c1-16-6-8-23(32-28-15-18(3)30-32)20(13-16)26(33)31-12-4-5-17(2)22(31)9-11-25-29-21-14-19(27)7-10-24(21)34-25/h6-8,10,13-15,17,22H,4-5,9,11-12H2,1-3H3/t17-,22-/m1/s1. The van der Waals surface area contributed by atoms with E-state index in [2.05, 4.69) is 22.1 Å². The molecule has 0 unspecified atom stereocenters. The third kappa shape index (κ3) is 4.32. The van der Waals surface area contributed by atoms with Crippen molar-refractivity contribution in [3.8, 4) is 5.69 Å². The van der Waals surface area contributed by atoms with Crippen molar-refractivity contribution in [2.45, 2.75) is 52.5 Å². The minimum absolute atomic E-state index is 0.00941. The minimum atomic E-state index is -0.333. The number of carbonyl (C=O) groups excluding carboxylic acids is 1. The van der Waals surface area contributed by atoms with Crippen LogP contribution in [-0.4, -0.2) is 43.4 Å². The van der Waals surface area contributed by atoms with Gasteiger partial charge in [-0.25, -0.2) is 9.37 Å². The molecule has 1 fully saturated rings. The Hall–Kier alpha value is -3.55. The maximum Gasteiger partial charge on any atom is 0.256 e. The van der Waals surface area contributed by atoms with Crippen molar-refractivity contribution >= 4 is 17.0 Å². The topological polar surface area (TPSA) is 77.1 Å². The van der Waals surface area contributed by atoms with Crippen LogP contribution in [-0.2, 0) is 6.42 Å². The molecule has 4 aromatic rings. The molecule has 7 nitrogen and oxygen atoms in total. The smallest absolute Gasteiger partial charge is 0.256 e. The summed E-state index contributed by atoms with van der Waals surface area (Å²) in [5.74, 6) is 0.571. The van der Waals surface area contributed by atoms with E-state index in [1.54, 1.807) is 12.3 Å². The zero-order valence-corrected chi connectivity index (χ0v) is 19.7. The number of amides is 1. The number of halogens is 1. The molecular formula is C26H28FN5O2. The molecule has 5 rings (SSSR count). The summed E-state index contributed by atoms with van der Waals surface area (Å²) in [4.78, 5) is 21.8. The molecular weight excluding hydrogens is 433 g/mol. The van der Waals surface area contributed by atoms with E-state index >= 15 is 0 Å². The van der Waals surface area contributed by atoms with Crippen LogP contribution in [0.4, 0.5) is 4.39 Å². The Bertz CT molecular complexity index is 1340. The van der Waals surface area contributed by atoms with Crippen LogP contribution < -0.4 is 0 Å². The fourth-order valence-electron chi connectivity index (χ4n) is 4.87. The molecule has 1 amide bonds. The first kappa shape index (κ1) is 22.3. The van der Waals surface area contributed by atoms with Crippen molar-refractivity contribution in [2.24, 2.45) is 5.92 Å². The Balaban J connectivity index is 1.41. The average molecular weight is 462 g/mol. The second-order valence-electron chi connectivity index (χ2n) is 9.24. The van der Waals surface area contributed by atoms with Crippen molar-refractivity contribution < 1.29 is 13.6 Å². The Morgan fingerprint density at radius 3 is 2.85 bits per heavy atom. The van der Waals surface area contributed by atoms with Crippen LogP contribution in [0.25, 0.3) is 16.8 Å². The first-order valence-corrected chi connectivity index (χ1v) is 11.7. The molecule has 176 valence electrons. The second-order valence-corrected chi connectivity index (χ2v) is 9.24. The lowest BCUT2D eigenvalue weighted by molar-refractivity contribution is 0.0495. The van der Waals surface area contributed by atoms with Crippen LogP contribution >= 0.6 is 0 Å². The average Bonchev–Trinajstić information content (AvgIpc) is 3.43. The predicted molar refractivity (Wildman–Crippen MR) is 126 cm³/mol. The number of hydrogen-bond donors (Lipinski definition) is 0. The number of benzene rings is 2. The van der Waals surface area contributed by atoms with Gasteiger partial charge in [0.05, 0.1) is 23.1 Å². The van der Waals surface area contributed by atoms with E-state index in [4.69, 9.17) is 4.42 Å². The molecule has 0 aliphatic carbocycles. The van der Waals surface area contributed by atoms with E-state index in [1.165, 1.54) is 16.9 Å². The molecule has 0 radical (unpaired) electrons. The Morgan fingerprint density at radius 2 is 2.06 bits per heavy atom. The Kier molecular flexibility index (Phi) is 5.89.